The van der Waals surface area contributed by atoms with E-state index in [1.165, 1.54) is 0 Å². The molecule has 1 heterocycles. The topological polar surface area (TPSA) is 63.7 Å². The Morgan fingerprint density at radius 1 is 1.16 bits per heavy atom. The largest absolute Gasteiger partial charge is 0.426 e. The van der Waals surface area contributed by atoms with E-state index in [9.17, 15) is 14.4 Å². The van der Waals surface area contributed by atoms with Crippen LogP contribution in [-0.4, -0.2) is 29.6 Å². The van der Waals surface area contributed by atoms with Crippen molar-refractivity contribution < 1.29 is 19.1 Å². The van der Waals surface area contributed by atoms with Gasteiger partial charge in [-0.3, -0.25) is 14.4 Å². The van der Waals surface area contributed by atoms with E-state index < -0.39 is 11.9 Å². The molecule has 1 fully saturated rings. The molecule has 0 bridgehead atoms. The highest BCUT2D eigenvalue weighted by Crippen LogP contribution is 2.29. The Morgan fingerprint density at radius 3 is 2.48 bits per heavy atom. The number of ether oxygens (including phenoxy) is 1. The number of amides is 1. The van der Waals surface area contributed by atoms with E-state index in [0.717, 1.165) is 11.8 Å². The van der Waals surface area contributed by atoms with Crippen LogP contribution in [0.2, 0.25) is 0 Å². The minimum atomic E-state index is -0.482. The first-order chi connectivity index (χ1) is 12.1. The highest BCUT2D eigenvalue weighted by Gasteiger charge is 2.38. The first-order valence-corrected chi connectivity index (χ1v) is 8.20. The Hall–Kier alpha value is -2.95. The van der Waals surface area contributed by atoms with E-state index >= 15 is 0 Å². The Labute approximate surface area is 146 Å². The van der Waals surface area contributed by atoms with Crippen LogP contribution < -0.4 is 4.74 Å². The number of likely N-dealkylation sites (tertiary alicyclic amines) is 1. The summed E-state index contributed by atoms with van der Waals surface area (Å²) in [5, 5.41) is 0. The van der Waals surface area contributed by atoms with Crippen molar-refractivity contribution in [1.29, 1.82) is 0 Å². The summed E-state index contributed by atoms with van der Waals surface area (Å²) in [5.74, 6) is -0.577. The molecule has 1 aliphatic rings. The van der Waals surface area contributed by atoms with Crippen molar-refractivity contribution in [1.82, 2.24) is 4.90 Å². The van der Waals surface area contributed by atoms with E-state index in [2.05, 4.69) is 0 Å². The molecule has 2 atom stereocenters. The van der Waals surface area contributed by atoms with Gasteiger partial charge < -0.3 is 9.64 Å². The maximum Gasteiger partial charge on any atom is 0.316 e. The number of hydrogen-bond donors (Lipinski definition) is 0. The summed E-state index contributed by atoms with van der Waals surface area (Å²) in [6.45, 7) is 2.30. The molecule has 3 rings (SSSR count). The second-order valence-corrected chi connectivity index (χ2v) is 6.14. The van der Waals surface area contributed by atoms with Crippen molar-refractivity contribution in [3.8, 4) is 5.75 Å². The van der Waals surface area contributed by atoms with E-state index in [-0.39, 0.29) is 18.4 Å². The maximum atomic E-state index is 12.3. The molecule has 5 heteroatoms. The van der Waals surface area contributed by atoms with E-state index in [4.69, 9.17) is 4.74 Å². The summed E-state index contributed by atoms with van der Waals surface area (Å²) >= 11 is 0. The summed E-state index contributed by atoms with van der Waals surface area (Å²) in [5.41, 5.74) is 1.55. The molecule has 25 heavy (non-hydrogen) atoms. The second kappa shape index (κ2) is 7.30. The normalized spacial score (nSPS) is 18.0. The molecule has 0 aromatic heterocycles. The van der Waals surface area contributed by atoms with Gasteiger partial charge >= 0.3 is 5.97 Å². The fraction of sp³-hybridized carbons (Fsp3) is 0.250. The summed E-state index contributed by atoms with van der Waals surface area (Å²) < 4.78 is 5.35. The van der Waals surface area contributed by atoms with Crippen molar-refractivity contribution in [2.24, 2.45) is 5.92 Å². The van der Waals surface area contributed by atoms with Gasteiger partial charge in [0.05, 0.1) is 12.0 Å². The van der Waals surface area contributed by atoms with Gasteiger partial charge in [-0.15, -0.1) is 0 Å². The lowest BCUT2D eigenvalue weighted by atomic mass is 10.1. The van der Waals surface area contributed by atoms with Gasteiger partial charge in [0.1, 0.15) is 12.0 Å². The lowest BCUT2D eigenvalue weighted by Crippen LogP contribution is -2.30. The average Bonchev–Trinajstić information content (AvgIpc) is 3.04. The van der Waals surface area contributed by atoms with Crippen LogP contribution in [0, 0.1) is 5.92 Å². The highest BCUT2D eigenvalue weighted by atomic mass is 16.5. The van der Waals surface area contributed by atoms with Crippen molar-refractivity contribution in [3.63, 3.8) is 0 Å². The zero-order valence-electron chi connectivity index (χ0n) is 13.9. The van der Waals surface area contributed by atoms with E-state index in [1.54, 1.807) is 29.2 Å². The minimum absolute atomic E-state index is 0.0467. The van der Waals surface area contributed by atoms with Crippen LogP contribution in [0.1, 0.15) is 35.3 Å². The van der Waals surface area contributed by atoms with Crippen molar-refractivity contribution in [3.05, 3.63) is 65.7 Å². The molecule has 0 aliphatic carbocycles. The van der Waals surface area contributed by atoms with Crippen molar-refractivity contribution in [2.75, 3.05) is 6.54 Å². The molecule has 0 radical (unpaired) electrons. The summed E-state index contributed by atoms with van der Waals surface area (Å²) in [7, 11) is 0. The third-order valence-corrected chi connectivity index (χ3v) is 4.48. The molecule has 0 unspecified atom stereocenters. The molecular weight excluding hydrogens is 318 g/mol. The molecule has 2 aromatic rings. The Balaban J connectivity index is 1.65. The summed E-state index contributed by atoms with van der Waals surface area (Å²) in [6, 6.07) is 16.0. The third kappa shape index (κ3) is 3.76. The highest BCUT2D eigenvalue weighted by molar-refractivity contribution is 5.88. The van der Waals surface area contributed by atoms with Gasteiger partial charge in [0.2, 0.25) is 5.91 Å². The number of aldehydes is 1. The van der Waals surface area contributed by atoms with Gasteiger partial charge in [0.25, 0.3) is 0 Å². The monoisotopic (exact) mass is 337 g/mol. The van der Waals surface area contributed by atoms with Crippen LogP contribution >= 0.6 is 0 Å². The number of rotatable bonds is 5. The fourth-order valence-electron chi connectivity index (χ4n) is 2.99. The van der Waals surface area contributed by atoms with E-state index in [0.29, 0.717) is 17.9 Å². The Morgan fingerprint density at radius 2 is 1.84 bits per heavy atom. The summed E-state index contributed by atoms with van der Waals surface area (Å²) in [6.07, 6.45) is 0.881. The first kappa shape index (κ1) is 16.9. The smallest absolute Gasteiger partial charge is 0.316 e. The maximum absolute atomic E-state index is 12.3. The number of hydrogen-bond acceptors (Lipinski definition) is 4. The molecule has 0 saturated carbocycles. The zero-order valence-corrected chi connectivity index (χ0v) is 13.9. The molecule has 1 amide bonds. The van der Waals surface area contributed by atoms with Gasteiger partial charge in [0.15, 0.2) is 0 Å². The predicted molar refractivity (Wildman–Crippen MR) is 92.1 cm³/mol. The molecule has 0 N–H and O–H groups in total. The number of esters is 1. The SMILES string of the molecule is C[C@H](c1ccccc1)N1C[C@H](C(=O)Oc2ccc(C=O)cc2)CC1=O. The van der Waals surface area contributed by atoms with E-state index in [1.807, 2.05) is 37.3 Å². The number of carbonyl (C=O) groups is 3. The minimum Gasteiger partial charge on any atom is -0.426 e. The Kier molecular flexibility index (Phi) is 4.93. The van der Waals surface area contributed by atoms with Crippen LogP contribution in [0.25, 0.3) is 0 Å². The standard InChI is InChI=1S/C20H19NO4/c1-14(16-5-3-2-4-6-16)21-12-17(11-19(21)23)20(24)25-18-9-7-15(13-22)8-10-18/h2-10,13-14,17H,11-12H2,1H3/t14-,17-/m1/s1. The third-order valence-electron chi connectivity index (χ3n) is 4.48. The second-order valence-electron chi connectivity index (χ2n) is 6.14. The molecule has 1 aliphatic heterocycles. The quantitative estimate of drug-likeness (QED) is 0.478. The van der Waals surface area contributed by atoms with Crippen LogP contribution in [0.4, 0.5) is 0 Å². The number of carbonyl (C=O) groups excluding carboxylic acids is 3. The zero-order chi connectivity index (χ0) is 17.8. The fourth-order valence-corrected chi connectivity index (χ4v) is 2.99. The van der Waals surface area contributed by atoms with Gasteiger partial charge in [-0.2, -0.15) is 0 Å². The van der Waals surface area contributed by atoms with Crippen molar-refractivity contribution >= 4 is 18.2 Å². The molecule has 0 spiro atoms. The molecule has 5 nitrogen and oxygen atoms in total. The molecule has 1 saturated heterocycles. The first-order valence-electron chi connectivity index (χ1n) is 8.20. The van der Waals surface area contributed by atoms with Gasteiger partial charge in [-0.1, -0.05) is 30.3 Å². The lowest BCUT2D eigenvalue weighted by molar-refractivity contribution is -0.139. The lowest BCUT2D eigenvalue weighted by Gasteiger charge is -2.25. The average molecular weight is 337 g/mol. The van der Waals surface area contributed by atoms with Crippen LogP contribution in [0.15, 0.2) is 54.6 Å². The predicted octanol–water partition coefficient (Wildman–Crippen LogP) is 3.01. The van der Waals surface area contributed by atoms with Crippen LogP contribution in [0.3, 0.4) is 0 Å². The number of benzene rings is 2. The number of nitrogens with zero attached hydrogens (tertiary/aromatic N) is 1. The van der Waals surface area contributed by atoms with Crippen molar-refractivity contribution in [2.45, 2.75) is 19.4 Å². The molecule has 128 valence electrons. The molecular formula is C20H19NO4. The molecule has 2 aromatic carbocycles. The summed E-state index contributed by atoms with van der Waals surface area (Å²) in [4.78, 5) is 37.0. The van der Waals surface area contributed by atoms with Gasteiger partial charge in [-0.25, -0.2) is 0 Å². The van der Waals surface area contributed by atoms with Gasteiger partial charge in [-0.05, 0) is 36.8 Å². The van der Waals surface area contributed by atoms with Crippen LogP contribution in [-0.2, 0) is 9.59 Å². The Bertz CT molecular complexity index is 770. The van der Waals surface area contributed by atoms with Crippen LogP contribution in [0.5, 0.6) is 5.75 Å². The van der Waals surface area contributed by atoms with Gasteiger partial charge in [0, 0.05) is 18.5 Å².